The SMILES string of the molecule is CS(=O)(=O)N1CC(C(=O)N2CCOCC2)C2(CNC2)C1. The van der Waals surface area contributed by atoms with Gasteiger partial charge in [0.2, 0.25) is 15.9 Å². The van der Waals surface area contributed by atoms with Gasteiger partial charge >= 0.3 is 0 Å². The number of morpholine rings is 1. The van der Waals surface area contributed by atoms with Crippen molar-refractivity contribution in [2.45, 2.75) is 0 Å². The zero-order chi connectivity index (χ0) is 14.4. The van der Waals surface area contributed by atoms with E-state index < -0.39 is 10.0 Å². The van der Waals surface area contributed by atoms with Crippen molar-refractivity contribution in [3.05, 3.63) is 0 Å². The summed E-state index contributed by atoms with van der Waals surface area (Å²) in [5.41, 5.74) is -0.210. The van der Waals surface area contributed by atoms with Gasteiger partial charge in [-0.2, -0.15) is 0 Å². The Balaban J connectivity index is 1.78. The zero-order valence-corrected chi connectivity index (χ0v) is 12.5. The van der Waals surface area contributed by atoms with Crippen LogP contribution in [0.15, 0.2) is 0 Å². The van der Waals surface area contributed by atoms with Crippen LogP contribution >= 0.6 is 0 Å². The Morgan fingerprint density at radius 2 is 1.95 bits per heavy atom. The van der Waals surface area contributed by atoms with Crippen LogP contribution in [-0.4, -0.2) is 82.3 Å². The first-order valence-electron chi connectivity index (χ1n) is 6.95. The van der Waals surface area contributed by atoms with Crippen molar-refractivity contribution >= 4 is 15.9 Å². The molecular weight excluding hydrogens is 282 g/mol. The highest BCUT2D eigenvalue weighted by Gasteiger charge is 2.56. The molecule has 3 aliphatic heterocycles. The zero-order valence-electron chi connectivity index (χ0n) is 11.7. The summed E-state index contributed by atoms with van der Waals surface area (Å²) < 4.78 is 30.3. The lowest BCUT2D eigenvalue weighted by Crippen LogP contribution is -2.61. The summed E-state index contributed by atoms with van der Waals surface area (Å²) >= 11 is 0. The summed E-state index contributed by atoms with van der Waals surface area (Å²) in [6, 6.07) is 0. The standard InChI is InChI=1S/C12H21N3O4S/c1-20(17,18)15-6-10(12(9-15)7-13-8-12)11(16)14-2-4-19-5-3-14/h10,13H,2-9H2,1H3. The number of hydrogen-bond donors (Lipinski definition) is 1. The van der Waals surface area contributed by atoms with Crippen molar-refractivity contribution in [2.75, 3.05) is 58.7 Å². The van der Waals surface area contributed by atoms with E-state index in [0.717, 1.165) is 13.1 Å². The van der Waals surface area contributed by atoms with E-state index >= 15 is 0 Å². The molecule has 1 amide bonds. The number of nitrogens with one attached hydrogen (secondary N) is 1. The van der Waals surface area contributed by atoms with Gasteiger partial charge < -0.3 is 15.0 Å². The fraction of sp³-hybridized carbons (Fsp3) is 0.917. The summed E-state index contributed by atoms with van der Waals surface area (Å²) in [5.74, 6) is -0.141. The molecule has 0 aromatic rings. The fourth-order valence-electron chi connectivity index (χ4n) is 3.32. The van der Waals surface area contributed by atoms with Gasteiger partial charge in [-0.25, -0.2) is 12.7 Å². The molecule has 20 heavy (non-hydrogen) atoms. The van der Waals surface area contributed by atoms with Gasteiger partial charge in [-0.3, -0.25) is 4.79 Å². The van der Waals surface area contributed by atoms with Gasteiger partial charge in [0.05, 0.1) is 25.4 Å². The summed E-state index contributed by atoms with van der Waals surface area (Å²) in [7, 11) is -3.24. The Morgan fingerprint density at radius 3 is 2.45 bits per heavy atom. The van der Waals surface area contributed by atoms with Crippen LogP contribution < -0.4 is 5.32 Å². The molecule has 3 heterocycles. The summed E-state index contributed by atoms with van der Waals surface area (Å²) in [5, 5.41) is 3.19. The molecule has 1 N–H and O–H groups in total. The number of sulfonamides is 1. The minimum absolute atomic E-state index is 0.0842. The first kappa shape index (κ1) is 14.2. The summed E-state index contributed by atoms with van der Waals surface area (Å²) in [6.07, 6.45) is 1.22. The molecule has 3 aliphatic rings. The highest BCUT2D eigenvalue weighted by Crippen LogP contribution is 2.41. The van der Waals surface area contributed by atoms with Gasteiger partial charge in [-0.05, 0) is 0 Å². The van der Waals surface area contributed by atoms with Gasteiger partial charge in [-0.1, -0.05) is 0 Å². The van der Waals surface area contributed by atoms with Crippen molar-refractivity contribution in [2.24, 2.45) is 11.3 Å². The van der Waals surface area contributed by atoms with Gasteiger partial charge in [0.1, 0.15) is 0 Å². The fourth-order valence-corrected chi connectivity index (χ4v) is 4.24. The number of carbonyl (C=O) groups excluding carboxylic acids is 1. The van der Waals surface area contributed by atoms with Crippen molar-refractivity contribution in [3.63, 3.8) is 0 Å². The van der Waals surface area contributed by atoms with E-state index in [9.17, 15) is 13.2 Å². The largest absolute Gasteiger partial charge is 0.378 e. The maximum absolute atomic E-state index is 12.7. The highest BCUT2D eigenvalue weighted by atomic mass is 32.2. The minimum Gasteiger partial charge on any atom is -0.378 e. The molecule has 0 aliphatic carbocycles. The third kappa shape index (κ3) is 2.34. The van der Waals surface area contributed by atoms with Gasteiger partial charge in [0.25, 0.3) is 0 Å². The lowest BCUT2D eigenvalue weighted by atomic mass is 9.72. The van der Waals surface area contributed by atoms with E-state index in [1.54, 1.807) is 0 Å². The molecule has 114 valence electrons. The van der Waals surface area contributed by atoms with Gasteiger partial charge in [0.15, 0.2) is 0 Å². The summed E-state index contributed by atoms with van der Waals surface area (Å²) in [6.45, 7) is 4.57. The first-order valence-corrected chi connectivity index (χ1v) is 8.80. The first-order chi connectivity index (χ1) is 9.42. The monoisotopic (exact) mass is 303 g/mol. The van der Waals surface area contributed by atoms with E-state index in [4.69, 9.17) is 4.74 Å². The van der Waals surface area contributed by atoms with E-state index in [0.29, 0.717) is 39.4 Å². The number of carbonyl (C=O) groups is 1. The molecule has 1 unspecified atom stereocenters. The van der Waals surface area contributed by atoms with Crippen LogP contribution in [-0.2, 0) is 19.6 Å². The third-order valence-corrected chi connectivity index (χ3v) is 5.88. The van der Waals surface area contributed by atoms with E-state index in [-0.39, 0.29) is 17.2 Å². The Morgan fingerprint density at radius 1 is 1.30 bits per heavy atom. The number of hydrogen-bond acceptors (Lipinski definition) is 5. The van der Waals surface area contributed by atoms with Crippen molar-refractivity contribution in [1.82, 2.24) is 14.5 Å². The van der Waals surface area contributed by atoms with Crippen LogP contribution in [0.25, 0.3) is 0 Å². The van der Waals surface area contributed by atoms with Crippen LogP contribution in [0, 0.1) is 11.3 Å². The molecule has 0 bridgehead atoms. The number of rotatable bonds is 2. The van der Waals surface area contributed by atoms with Crippen LogP contribution in [0.4, 0.5) is 0 Å². The number of ether oxygens (including phenoxy) is 1. The smallest absolute Gasteiger partial charge is 0.227 e. The molecule has 0 saturated carbocycles. The molecule has 3 fully saturated rings. The Labute approximate surface area is 119 Å². The molecule has 3 rings (SSSR count). The predicted octanol–water partition coefficient (Wildman–Crippen LogP) is -1.67. The molecule has 0 aromatic heterocycles. The topological polar surface area (TPSA) is 79.0 Å². The average Bonchev–Trinajstić information content (AvgIpc) is 2.79. The second-order valence-electron chi connectivity index (χ2n) is 6.01. The van der Waals surface area contributed by atoms with E-state index in [1.165, 1.54) is 10.6 Å². The van der Waals surface area contributed by atoms with E-state index in [2.05, 4.69) is 5.32 Å². The average molecular weight is 303 g/mol. The van der Waals surface area contributed by atoms with Crippen LogP contribution in [0.3, 0.4) is 0 Å². The lowest BCUT2D eigenvalue weighted by molar-refractivity contribution is -0.143. The van der Waals surface area contributed by atoms with Crippen LogP contribution in [0.5, 0.6) is 0 Å². The maximum Gasteiger partial charge on any atom is 0.227 e. The Bertz CT molecular complexity index is 497. The van der Waals surface area contributed by atoms with Gasteiger partial charge in [0, 0.05) is 44.7 Å². The van der Waals surface area contributed by atoms with Crippen molar-refractivity contribution in [3.8, 4) is 0 Å². The van der Waals surface area contributed by atoms with Gasteiger partial charge in [-0.15, -0.1) is 0 Å². The molecule has 1 atom stereocenters. The third-order valence-electron chi connectivity index (χ3n) is 4.66. The molecule has 7 nitrogen and oxygen atoms in total. The van der Waals surface area contributed by atoms with Crippen LogP contribution in [0.2, 0.25) is 0 Å². The second kappa shape index (κ2) is 4.94. The molecule has 0 aromatic carbocycles. The highest BCUT2D eigenvalue weighted by molar-refractivity contribution is 7.88. The number of nitrogens with zero attached hydrogens (tertiary/aromatic N) is 2. The Kier molecular flexibility index (Phi) is 3.52. The maximum atomic E-state index is 12.7. The molecule has 0 radical (unpaired) electrons. The van der Waals surface area contributed by atoms with Crippen molar-refractivity contribution in [1.29, 1.82) is 0 Å². The minimum atomic E-state index is -3.24. The number of amides is 1. The normalized spacial score (nSPS) is 30.4. The summed E-state index contributed by atoms with van der Waals surface area (Å²) in [4.78, 5) is 14.5. The lowest BCUT2D eigenvalue weighted by Gasteiger charge is -2.44. The Hall–Kier alpha value is -0.700. The molecule has 1 spiro atoms. The van der Waals surface area contributed by atoms with E-state index in [1.807, 2.05) is 4.90 Å². The molecule has 8 heteroatoms. The van der Waals surface area contributed by atoms with Crippen molar-refractivity contribution < 1.29 is 17.9 Å². The predicted molar refractivity (Wildman–Crippen MR) is 72.6 cm³/mol. The van der Waals surface area contributed by atoms with Crippen LogP contribution in [0.1, 0.15) is 0 Å². The molecular formula is C12H21N3O4S. The second-order valence-corrected chi connectivity index (χ2v) is 7.99. The molecule has 3 saturated heterocycles. The quantitative estimate of drug-likeness (QED) is 0.660.